The fourth-order valence-electron chi connectivity index (χ4n) is 2.56. The first-order chi connectivity index (χ1) is 10.5. The molecule has 2 nitrogen and oxygen atoms in total. The van der Waals surface area contributed by atoms with Crippen molar-refractivity contribution in [3.8, 4) is 5.75 Å². The molecule has 0 heterocycles. The van der Waals surface area contributed by atoms with Gasteiger partial charge in [-0.1, -0.05) is 41.4 Å². The molecule has 2 rings (SSSR count). The molecule has 2 aromatic carbocycles. The SMILES string of the molecule is CN(C)CC[C@H](Cc1ccccc1O)c1cc(Cl)ccc1Cl. The molecule has 0 saturated heterocycles. The Morgan fingerprint density at radius 1 is 1.09 bits per heavy atom. The summed E-state index contributed by atoms with van der Waals surface area (Å²) in [5, 5.41) is 11.5. The van der Waals surface area contributed by atoms with Gasteiger partial charge in [-0.05, 0) is 74.8 Å². The van der Waals surface area contributed by atoms with E-state index in [1.54, 1.807) is 12.1 Å². The fraction of sp³-hybridized carbons (Fsp3) is 0.333. The summed E-state index contributed by atoms with van der Waals surface area (Å²) < 4.78 is 0. The molecule has 0 aliphatic carbocycles. The Labute approximate surface area is 142 Å². The maximum atomic E-state index is 10.0. The number of phenols is 1. The van der Waals surface area contributed by atoms with Crippen molar-refractivity contribution in [2.45, 2.75) is 18.8 Å². The molecule has 22 heavy (non-hydrogen) atoms. The number of para-hydroxylation sites is 1. The Hall–Kier alpha value is -1.22. The van der Waals surface area contributed by atoms with Crippen LogP contribution < -0.4 is 0 Å². The summed E-state index contributed by atoms with van der Waals surface area (Å²) in [6.45, 7) is 0.946. The van der Waals surface area contributed by atoms with Gasteiger partial charge in [0, 0.05) is 10.0 Å². The van der Waals surface area contributed by atoms with Gasteiger partial charge >= 0.3 is 0 Å². The van der Waals surface area contributed by atoms with E-state index in [0.717, 1.165) is 35.5 Å². The van der Waals surface area contributed by atoms with Gasteiger partial charge in [-0.25, -0.2) is 0 Å². The lowest BCUT2D eigenvalue weighted by Crippen LogP contribution is -2.17. The minimum atomic E-state index is 0.210. The van der Waals surface area contributed by atoms with E-state index in [4.69, 9.17) is 23.2 Å². The molecule has 1 N–H and O–H groups in total. The topological polar surface area (TPSA) is 23.5 Å². The normalized spacial score (nSPS) is 12.6. The molecule has 0 aromatic heterocycles. The zero-order valence-corrected chi connectivity index (χ0v) is 14.4. The Bertz CT molecular complexity index is 628. The van der Waals surface area contributed by atoms with Gasteiger partial charge in [-0.2, -0.15) is 0 Å². The second-order valence-corrected chi connectivity index (χ2v) is 6.63. The number of aromatic hydroxyl groups is 1. The van der Waals surface area contributed by atoms with Crippen molar-refractivity contribution in [3.05, 3.63) is 63.6 Å². The highest BCUT2D eigenvalue weighted by Gasteiger charge is 2.18. The third kappa shape index (κ3) is 4.64. The maximum Gasteiger partial charge on any atom is 0.118 e. The van der Waals surface area contributed by atoms with Crippen LogP contribution in [0.1, 0.15) is 23.5 Å². The van der Waals surface area contributed by atoms with Crippen molar-refractivity contribution in [1.82, 2.24) is 4.90 Å². The lowest BCUT2D eigenvalue weighted by Gasteiger charge is -2.21. The standard InChI is InChI=1S/C18H21Cl2NO/c1-21(2)10-9-13(11-14-5-3-4-6-18(14)22)16-12-15(19)7-8-17(16)20/h3-8,12-13,22H,9-11H2,1-2H3/t13-/m1/s1. The molecule has 0 spiro atoms. The average Bonchev–Trinajstić information content (AvgIpc) is 2.48. The summed E-state index contributed by atoms with van der Waals surface area (Å²) in [6, 6.07) is 13.0. The van der Waals surface area contributed by atoms with Gasteiger partial charge in [0.15, 0.2) is 0 Å². The summed E-state index contributed by atoms with van der Waals surface area (Å²) in [5.41, 5.74) is 1.97. The van der Waals surface area contributed by atoms with E-state index in [-0.39, 0.29) is 5.92 Å². The number of benzene rings is 2. The number of hydrogen-bond acceptors (Lipinski definition) is 2. The Morgan fingerprint density at radius 2 is 1.82 bits per heavy atom. The van der Waals surface area contributed by atoms with Crippen LogP contribution in [-0.2, 0) is 6.42 Å². The highest BCUT2D eigenvalue weighted by molar-refractivity contribution is 6.33. The quantitative estimate of drug-likeness (QED) is 0.803. The summed E-state index contributed by atoms with van der Waals surface area (Å²) >= 11 is 12.5. The van der Waals surface area contributed by atoms with Crippen molar-refractivity contribution in [3.63, 3.8) is 0 Å². The van der Waals surface area contributed by atoms with Crippen molar-refractivity contribution in [1.29, 1.82) is 0 Å². The molecule has 1 atom stereocenters. The Morgan fingerprint density at radius 3 is 2.50 bits per heavy atom. The van der Waals surface area contributed by atoms with Crippen LogP contribution in [0.15, 0.2) is 42.5 Å². The molecule has 0 amide bonds. The second kappa shape index (κ2) is 7.87. The van der Waals surface area contributed by atoms with E-state index in [1.807, 2.05) is 30.3 Å². The van der Waals surface area contributed by atoms with Gasteiger partial charge in [0.2, 0.25) is 0 Å². The van der Waals surface area contributed by atoms with Crippen LogP contribution in [0, 0.1) is 0 Å². The predicted molar refractivity (Wildman–Crippen MR) is 94.2 cm³/mol. The highest BCUT2D eigenvalue weighted by atomic mass is 35.5. The lowest BCUT2D eigenvalue weighted by molar-refractivity contribution is 0.378. The van der Waals surface area contributed by atoms with Crippen molar-refractivity contribution in [2.75, 3.05) is 20.6 Å². The van der Waals surface area contributed by atoms with Gasteiger partial charge in [0.05, 0.1) is 0 Å². The summed E-state index contributed by atoms with van der Waals surface area (Å²) in [7, 11) is 4.10. The number of nitrogens with zero attached hydrogens (tertiary/aromatic N) is 1. The van der Waals surface area contributed by atoms with Crippen LogP contribution in [0.5, 0.6) is 5.75 Å². The van der Waals surface area contributed by atoms with Gasteiger partial charge in [-0.3, -0.25) is 0 Å². The second-order valence-electron chi connectivity index (χ2n) is 5.79. The van der Waals surface area contributed by atoms with E-state index in [1.165, 1.54) is 0 Å². The largest absolute Gasteiger partial charge is 0.508 e. The fourth-order valence-corrected chi connectivity index (χ4v) is 3.01. The first-order valence-corrected chi connectivity index (χ1v) is 8.09. The van der Waals surface area contributed by atoms with Crippen molar-refractivity contribution in [2.24, 2.45) is 0 Å². The van der Waals surface area contributed by atoms with Crippen LogP contribution in [0.3, 0.4) is 0 Å². The lowest BCUT2D eigenvalue weighted by atomic mass is 9.88. The van der Waals surface area contributed by atoms with Gasteiger partial charge < -0.3 is 10.0 Å². The van der Waals surface area contributed by atoms with Gasteiger partial charge in [-0.15, -0.1) is 0 Å². The van der Waals surface area contributed by atoms with Gasteiger partial charge in [0.1, 0.15) is 5.75 Å². The third-order valence-electron chi connectivity index (χ3n) is 3.78. The minimum absolute atomic E-state index is 0.210. The van der Waals surface area contributed by atoms with Gasteiger partial charge in [0.25, 0.3) is 0 Å². The van der Waals surface area contributed by atoms with E-state index < -0.39 is 0 Å². The zero-order valence-electron chi connectivity index (χ0n) is 12.9. The first-order valence-electron chi connectivity index (χ1n) is 7.34. The van der Waals surface area contributed by atoms with Crippen molar-refractivity contribution >= 4 is 23.2 Å². The zero-order chi connectivity index (χ0) is 16.1. The Balaban J connectivity index is 2.30. The average molecular weight is 338 g/mol. The summed E-state index contributed by atoms with van der Waals surface area (Å²) in [4.78, 5) is 2.15. The minimum Gasteiger partial charge on any atom is -0.508 e. The van der Waals surface area contributed by atoms with Crippen LogP contribution in [0.4, 0.5) is 0 Å². The number of phenolic OH excluding ortho intramolecular Hbond substituents is 1. The summed E-state index contributed by atoms with van der Waals surface area (Å²) in [6.07, 6.45) is 1.68. The molecule has 0 aliphatic rings. The number of hydrogen-bond donors (Lipinski definition) is 1. The van der Waals surface area contributed by atoms with Crippen LogP contribution in [-0.4, -0.2) is 30.6 Å². The monoisotopic (exact) mass is 337 g/mol. The molecule has 0 unspecified atom stereocenters. The maximum absolute atomic E-state index is 10.0. The molecular formula is C18H21Cl2NO. The number of rotatable bonds is 6. The molecule has 0 bridgehead atoms. The molecule has 0 aliphatic heterocycles. The predicted octanol–water partition coefficient (Wildman–Crippen LogP) is 4.98. The molecular weight excluding hydrogens is 317 g/mol. The number of halogens is 2. The molecule has 0 saturated carbocycles. The molecule has 0 radical (unpaired) electrons. The first kappa shape index (κ1) is 17.1. The molecule has 0 fully saturated rings. The molecule has 118 valence electrons. The van der Waals surface area contributed by atoms with Crippen LogP contribution >= 0.6 is 23.2 Å². The van der Waals surface area contributed by atoms with Crippen LogP contribution in [0.2, 0.25) is 10.0 Å². The Kier molecular flexibility index (Phi) is 6.13. The molecule has 2 aromatic rings. The van der Waals surface area contributed by atoms with Crippen molar-refractivity contribution < 1.29 is 5.11 Å². The van der Waals surface area contributed by atoms with E-state index in [9.17, 15) is 5.11 Å². The van der Waals surface area contributed by atoms with E-state index >= 15 is 0 Å². The highest BCUT2D eigenvalue weighted by Crippen LogP contribution is 2.34. The smallest absolute Gasteiger partial charge is 0.118 e. The summed E-state index contributed by atoms with van der Waals surface area (Å²) in [5.74, 6) is 0.539. The van der Waals surface area contributed by atoms with E-state index in [0.29, 0.717) is 10.8 Å². The molecule has 4 heteroatoms. The van der Waals surface area contributed by atoms with E-state index in [2.05, 4.69) is 19.0 Å². The van der Waals surface area contributed by atoms with Crippen LogP contribution in [0.25, 0.3) is 0 Å². The third-order valence-corrected chi connectivity index (χ3v) is 4.36.